The van der Waals surface area contributed by atoms with E-state index in [0.717, 1.165) is 12.8 Å². The van der Waals surface area contributed by atoms with Crippen molar-refractivity contribution in [2.75, 3.05) is 0 Å². The molecule has 84 valence electrons. The van der Waals surface area contributed by atoms with Crippen LogP contribution in [0.3, 0.4) is 0 Å². The third-order valence-corrected chi connectivity index (χ3v) is 2.26. The lowest BCUT2D eigenvalue weighted by molar-refractivity contribution is -0.131. The number of rotatable bonds is 6. The molecule has 4 heteroatoms. The van der Waals surface area contributed by atoms with Crippen LogP contribution >= 0.6 is 0 Å². The van der Waals surface area contributed by atoms with Gasteiger partial charge < -0.3 is 16.2 Å². The molecule has 0 saturated carbocycles. The summed E-state index contributed by atoms with van der Waals surface area (Å²) in [4.78, 5) is 11.4. The molecule has 0 rings (SSSR count). The number of nitrogens with two attached hydrogens (primary N) is 1. The SMILES string of the molecule is CCCC(C)NC(=O)[C@@H](O)[C@@H](N)CC. The van der Waals surface area contributed by atoms with Crippen LogP contribution in [0.4, 0.5) is 0 Å². The summed E-state index contributed by atoms with van der Waals surface area (Å²) < 4.78 is 0. The molecule has 4 N–H and O–H groups in total. The van der Waals surface area contributed by atoms with Crippen molar-refractivity contribution in [1.82, 2.24) is 5.32 Å². The fraction of sp³-hybridized carbons (Fsp3) is 0.900. The van der Waals surface area contributed by atoms with Gasteiger partial charge in [-0.25, -0.2) is 0 Å². The average Bonchev–Trinajstić information content (AvgIpc) is 2.15. The quantitative estimate of drug-likeness (QED) is 0.583. The van der Waals surface area contributed by atoms with Gasteiger partial charge >= 0.3 is 0 Å². The molecule has 0 heterocycles. The van der Waals surface area contributed by atoms with E-state index in [1.54, 1.807) is 0 Å². The molecule has 0 spiro atoms. The molecule has 0 bridgehead atoms. The number of aliphatic hydroxyl groups excluding tert-OH is 1. The van der Waals surface area contributed by atoms with E-state index in [1.165, 1.54) is 0 Å². The first-order valence-corrected chi connectivity index (χ1v) is 5.26. The Labute approximate surface area is 85.9 Å². The summed E-state index contributed by atoms with van der Waals surface area (Å²) in [7, 11) is 0. The Bertz CT molecular complexity index is 174. The Morgan fingerprint density at radius 1 is 1.50 bits per heavy atom. The van der Waals surface area contributed by atoms with Crippen molar-refractivity contribution >= 4 is 5.91 Å². The molecule has 3 atom stereocenters. The molecule has 0 aromatic heterocycles. The monoisotopic (exact) mass is 202 g/mol. The van der Waals surface area contributed by atoms with Gasteiger partial charge in [-0.05, 0) is 19.8 Å². The second kappa shape index (κ2) is 6.79. The Hall–Kier alpha value is -0.610. The summed E-state index contributed by atoms with van der Waals surface area (Å²) in [5.41, 5.74) is 5.56. The molecule has 0 aliphatic heterocycles. The largest absolute Gasteiger partial charge is 0.382 e. The minimum Gasteiger partial charge on any atom is -0.382 e. The first kappa shape index (κ1) is 13.4. The molecular formula is C10H22N2O2. The van der Waals surface area contributed by atoms with E-state index in [2.05, 4.69) is 12.2 Å². The average molecular weight is 202 g/mol. The van der Waals surface area contributed by atoms with Crippen molar-refractivity contribution in [3.63, 3.8) is 0 Å². The minimum absolute atomic E-state index is 0.103. The van der Waals surface area contributed by atoms with Crippen LogP contribution in [-0.4, -0.2) is 29.2 Å². The highest BCUT2D eigenvalue weighted by atomic mass is 16.3. The third kappa shape index (κ3) is 4.58. The number of carbonyl (C=O) groups is 1. The van der Waals surface area contributed by atoms with Crippen molar-refractivity contribution in [2.24, 2.45) is 5.73 Å². The highest BCUT2D eigenvalue weighted by Crippen LogP contribution is 1.99. The van der Waals surface area contributed by atoms with Gasteiger partial charge in [-0.3, -0.25) is 4.79 Å². The molecule has 0 aromatic rings. The molecule has 0 fully saturated rings. The topological polar surface area (TPSA) is 75.3 Å². The van der Waals surface area contributed by atoms with Crippen molar-refractivity contribution < 1.29 is 9.90 Å². The van der Waals surface area contributed by atoms with Crippen LogP contribution in [0.15, 0.2) is 0 Å². The molecule has 0 radical (unpaired) electrons. The second-order valence-electron chi connectivity index (χ2n) is 3.72. The zero-order valence-electron chi connectivity index (χ0n) is 9.29. The first-order valence-electron chi connectivity index (χ1n) is 5.26. The number of aliphatic hydroxyl groups is 1. The van der Waals surface area contributed by atoms with E-state index in [0.29, 0.717) is 6.42 Å². The number of amides is 1. The van der Waals surface area contributed by atoms with Gasteiger partial charge in [0.25, 0.3) is 5.91 Å². The summed E-state index contributed by atoms with van der Waals surface area (Å²) in [6, 6.07) is -0.366. The second-order valence-corrected chi connectivity index (χ2v) is 3.72. The fourth-order valence-electron chi connectivity index (χ4n) is 1.25. The lowest BCUT2D eigenvalue weighted by Crippen LogP contribution is -2.48. The van der Waals surface area contributed by atoms with Gasteiger partial charge in [0.15, 0.2) is 0 Å². The number of carbonyl (C=O) groups excluding carboxylic acids is 1. The Morgan fingerprint density at radius 2 is 2.07 bits per heavy atom. The number of hydrogen-bond acceptors (Lipinski definition) is 3. The molecule has 0 aliphatic carbocycles. The van der Waals surface area contributed by atoms with E-state index in [4.69, 9.17) is 5.73 Å². The fourth-order valence-corrected chi connectivity index (χ4v) is 1.25. The molecule has 0 saturated heterocycles. The summed E-state index contributed by atoms with van der Waals surface area (Å²) in [6.45, 7) is 5.82. The molecule has 0 aromatic carbocycles. The Balaban J connectivity index is 3.94. The molecule has 1 unspecified atom stereocenters. The maximum atomic E-state index is 11.4. The van der Waals surface area contributed by atoms with E-state index >= 15 is 0 Å². The van der Waals surface area contributed by atoms with Crippen LogP contribution in [0.5, 0.6) is 0 Å². The van der Waals surface area contributed by atoms with Crippen LogP contribution in [0, 0.1) is 0 Å². The normalized spacial score (nSPS) is 17.2. The summed E-state index contributed by atoms with van der Waals surface area (Å²) >= 11 is 0. The minimum atomic E-state index is -1.08. The van der Waals surface area contributed by atoms with Gasteiger partial charge in [0.1, 0.15) is 6.10 Å². The standard InChI is InChI=1S/C10H22N2O2/c1-4-6-7(3)12-10(14)9(13)8(11)5-2/h7-9,13H,4-6,11H2,1-3H3,(H,12,14)/t7?,8-,9-/m0/s1. The first-order chi connectivity index (χ1) is 6.52. The van der Waals surface area contributed by atoms with Gasteiger partial charge in [0.2, 0.25) is 0 Å². The third-order valence-electron chi connectivity index (χ3n) is 2.26. The van der Waals surface area contributed by atoms with Gasteiger partial charge in [0, 0.05) is 12.1 Å². The van der Waals surface area contributed by atoms with Crippen LogP contribution in [0.2, 0.25) is 0 Å². The van der Waals surface area contributed by atoms with Crippen LogP contribution in [-0.2, 0) is 4.79 Å². The Kier molecular flexibility index (Phi) is 6.49. The van der Waals surface area contributed by atoms with Crippen molar-refractivity contribution in [3.8, 4) is 0 Å². The predicted molar refractivity (Wildman–Crippen MR) is 56.8 cm³/mol. The summed E-state index contributed by atoms with van der Waals surface area (Å²) in [6.07, 6.45) is 1.44. The van der Waals surface area contributed by atoms with Gasteiger partial charge in [-0.15, -0.1) is 0 Å². The maximum Gasteiger partial charge on any atom is 0.250 e. The predicted octanol–water partition coefficient (Wildman–Crippen LogP) is 0.389. The van der Waals surface area contributed by atoms with Gasteiger partial charge in [-0.2, -0.15) is 0 Å². The highest BCUT2D eigenvalue weighted by Gasteiger charge is 2.22. The van der Waals surface area contributed by atoms with Gasteiger partial charge in [0.05, 0.1) is 0 Å². The summed E-state index contributed by atoms with van der Waals surface area (Å²) in [5.74, 6) is -0.361. The molecule has 4 nitrogen and oxygen atoms in total. The number of hydrogen-bond donors (Lipinski definition) is 3. The molecular weight excluding hydrogens is 180 g/mol. The van der Waals surface area contributed by atoms with E-state index in [1.807, 2.05) is 13.8 Å². The molecule has 0 aliphatic rings. The van der Waals surface area contributed by atoms with Crippen molar-refractivity contribution in [1.29, 1.82) is 0 Å². The highest BCUT2D eigenvalue weighted by molar-refractivity contribution is 5.81. The Morgan fingerprint density at radius 3 is 2.50 bits per heavy atom. The van der Waals surface area contributed by atoms with Gasteiger partial charge in [-0.1, -0.05) is 20.3 Å². The smallest absolute Gasteiger partial charge is 0.250 e. The summed E-state index contributed by atoms with van der Waals surface area (Å²) in [5, 5.41) is 12.2. The van der Waals surface area contributed by atoms with Crippen LogP contribution in [0.1, 0.15) is 40.0 Å². The maximum absolute atomic E-state index is 11.4. The van der Waals surface area contributed by atoms with E-state index < -0.39 is 12.1 Å². The lowest BCUT2D eigenvalue weighted by atomic mass is 10.1. The zero-order chi connectivity index (χ0) is 11.1. The lowest BCUT2D eigenvalue weighted by Gasteiger charge is -2.19. The zero-order valence-corrected chi connectivity index (χ0v) is 9.29. The molecule has 1 amide bonds. The van der Waals surface area contributed by atoms with E-state index in [9.17, 15) is 9.90 Å². The van der Waals surface area contributed by atoms with Crippen molar-refractivity contribution in [3.05, 3.63) is 0 Å². The van der Waals surface area contributed by atoms with Crippen LogP contribution < -0.4 is 11.1 Å². The number of nitrogens with one attached hydrogen (secondary N) is 1. The van der Waals surface area contributed by atoms with Crippen LogP contribution in [0.25, 0.3) is 0 Å². The van der Waals surface area contributed by atoms with E-state index in [-0.39, 0.29) is 11.9 Å². The van der Waals surface area contributed by atoms with Crippen molar-refractivity contribution in [2.45, 2.75) is 58.2 Å². The molecule has 14 heavy (non-hydrogen) atoms.